The number of ether oxygens (including phenoxy) is 1. The van der Waals surface area contributed by atoms with Crippen molar-refractivity contribution in [1.29, 1.82) is 0 Å². The van der Waals surface area contributed by atoms with Gasteiger partial charge < -0.3 is 9.64 Å². The van der Waals surface area contributed by atoms with Gasteiger partial charge in [0.2, 0.25) is 0 Å². The standard InChI is InChI=1S/C12H15ClN2O3/c1-8(2)15(7-11(16)18-3)12(17)9-4-5-10(13)14-6-9/h4-6,8H,7H2,1-3H3. The van der Waals surface area contributed by atoms with E-state index in [0.29, 0.717) is 10.7 Å². The molecule has 0 aliphatic carbocycles. The molecule has 6 heteroatoms. The third-order valence-electron chi connectivity index (χ3n) is 2.39. The Hall–Kier alpha value is -1.62. The van der Waals surface area contributed by atoms with Crippen LogP contribution in [0.25, 0.3) is 0 Å². The number of rotatable bonds is 4. The zero-order valence-electron chi connectivity index (χ0n) is 10.5. The smallest absolute Gasteiger partial charge is 0.325 e. The van der Waals surface area contributed by atoms with Crippen LogP contribution in [0.3, 0.4) is 0 Å². The summed E-state index contributed by atoms with van der Waals surface area (Å²) in [5.74, 6) is -0.737. The second kappa shape index (κ2) is 6.35. The number of halogens is 1. The van der Waals surface area contributed by atoms with E-state index in [1.165, 1.54) is 24.3 Å². The van der Waals surface area contributed by atoms with E-state index in [9.17, 15) is 9.59 Å². The minimum absolute atomic E-state index is 0.0877. The zero-order chi connectivity index (χ0) is 13.7. The molecule has 1 heterocycles. The monoisotopic (exact) mass is 270 g/mol. The summed E-state index contributed by atoms with van der Waals surface area (Å²) in [4.78, 5) is 28.7. The second-order valence-corrected chi connectivity index (χ2v) is 4.36. The topological polar surface area (TPSA) is 59.5 Å². The van der Waals surface area contributed by atoms with E-state index in [2.05, 4.69) is 9.72 Å². The van der Waals surface area contributed by atoms with Crippen molar-refractivity contribution in [2.45, 2.75) is 19.9 Å². The first-order valence-corrected chi connectivity index (χ1v) is 5.83. The van der Waals surface area contributed by atoms with E-state index in [1.807, 2.05) is 13.8 Å². The summed E-state index contributed by atoms with van der Waals surface area (Å²) in [5.41, 5.74) is 0.386. The fourth-order valence-corrected chi connectivity index (χ4v) is 1.47. The van der Waals surface area contributed by atoms with Gasteiger partial charge >= 0.3 is 5.97 Å². The van der Waals surface area contributed by atoms with Crippen LogP contribution in [0.4, 0.5) is 0 Å². The number of amides is 1. The van der Waals surface area contributed by atoms with Gasteiger partial charge in [0.05, 0.1) is 12.7 Å². The van der Waals surface area contributed by atoms with Crippen molar-refractivity contribution < 1.29 is 14.3 Å². The van der Waals surface area contributed by atoms with Gasteiger partial charge in [0.1, 0.15) is 11.7 Å². The van der Waals surface area contributed by atoms with Crippen LogP contribution < -0.4 is 0 Å². The maximum Gasteiger partial charge on any atom is 0.325 e. The van der Waals surface area contributed by atoms with Gasteiger partial charge in [-0.1, -0.05) is 11.6 Å². The molecule has 5 nitrogen and oxygen atoms in total. The van der Waals surface area contributed by atoms with Crippen LogP contribution in [-0.2, 0) is 9.53 Å². The minimum Gasteiger partial charge on any atom is -0.468 e. The summed E-state index contributed by atoms with van der Waals surface area (Å²) in [6.45, 7) is 3.56. The van der Waals surface area contributed by atoms with Gasteiger partial charge in [-0.25, -0.2) is 4.98 Å². The Morgan fingerprint density at radius 3 is 2.56 bits per heavy atom. The van der Waals surface area contributed by atoms with E-state index < -0.39 is 5.97 Å². The summed E-state index contributed by atoms with van der Waals surface area (Å²) in [6, 6.07) is 2.99. The van der Waals surface area contributed by atoms with E-state index in [0.717, 1.165) is 0 Å². The van der Waals surface area contributed by atoms with E-state index in [1.54, 1.807) is 6.07 Å². The molecule has 0 atom stereocenters. The Morgan fingerprint density at radius 1 is 1.44 bits per heavy atom. The number of methoxy groups -OCH3 is 1. The zero-order valence-corrected chi connectivity index (χ0v) is 11.3. The molecule has 0 bridgehead atoms. The average Bonchev–Trinajstić information content (AvgIpc) is 2.35. The lowest BCUT2D eigenvalue weighted by atomic mass is 10.2. The first-order chi connectivity index (χ1) is 8.45. The predicted octanol–water partition coefficient (Wildman–Crippen LogP) is 1.76. The van der Waals surface area contributed by atoms with Gasteiger partial charge in [-0.2, -0.15) is 0 Å². The lowest BCUT2D eigenvalue weighted by Gasteiger charge is -2.25. The first-order valence-electron chi connectivity index (χ1n) is 5.45. The number of carbonyl (C=O) groups excluding carboxylic acids is 2. The number of nitrogens with zero attached hydrogens (tertiary/aromatic N) is 2. The van der Waals surface area contributed by atoms with Crippen LogP contribution in [0, 0.1) is 0 Å². The summed E-state index contributed by atoms with van der Waals surface area (Å²) in [5, 5.41) is 0.315. The maximum atomic E-state index is 12.2. The Kier molecular flexibility index (Phi) is 5.09. The molecule has 98 valence electrons. The largest absolute Gasteiger partial charge is 0.468 e. The minimum atomic E-state index is -0.459. The summed E-state index contributed by atoms with van der Waals surface area (Å²) in [7, 11) is 1.29. The van der Waals surface area contributed by atoms with Crippen molar-refractivity contribution >= 4 is 23.5 Å². The Labute approximate surface area is 111 Å². The molecule has 1 aromatic heterocycles. The highest BCUT2D eigenvalue weighted by molar-refractivity contribution is 6.29. The fourth-order valence-electron chi connectivity index (χ4n) is 1.36. The lowest BCUT2D eigenvalue weighted by Crippen LogP contribution is -2.41. The second-order valence-electron chi connectivity index (χ2n) is 3.97. The number of aromatic nitrogens is 1. The molecule has 0 aromatic carbocycles. The predicted molar refractivity (Wildman–Crippen MR) is 67.4 cm³/mol. The van der Waals surface area contributed by atoms with Crippen molar-refractivity contribution in [3.63, 3.8) is 0 Å². The van der Waals surface area contributed by atoms with Crippen molar-refractivity contribution in [2.24, 2.45) is 0 Å². The number of esters is 1. The Morgan fingerprint density at radius 2 is 2.11 bits per heavy atom. The van der Waals surface area contributed by atoms with Gasteiger partial charge in [0.15, 0.2) is 0 Å². The molecule has 0 N–H and O–H groups in total. The van der Waals surface area contributed by atoms with Gasteiger partial charge in [0, 0.05) is 12.2 Å². The highest BCUT2D eigenvalue weighted by Gasteiger charge is 2.22. The van der Waals surface area contributed by atoms with Crippen molar-refractivity contribution in [2.75, 3.05) is 13.7 Å². The molecule has 0 spiro atoms. The van der Waals surface area contributed by atoms with Crippen molar-refractivity contribution in [3.05, 3.63) is 29.0 Å². The summed E-state index contributed by atoms with van der Waals surface area (Å²) in [6.07, 6.45) is 1.39. The molecule has 0 saturated carbocycles. The first kappa shape index (κ1) is 14.4. The van der Waals surface area contributed by atoms with Crippen LogP contribution in [0.5, 0.6) is 0 Å². The third-order valence-corrected chi connectivity index (χ3v) is 2.61. The molecule has 0 saturated heterocycles. The molecule has 0 unspecified atom stereocenters. The number of carbonyl (C=O) groups is 2. The highest BCUT2D eigenvalue weighted by Crippen LogP contribution is 2.10. The molecule has 0 aliphatic rings. The van der Waals surface area contributed by atoms with Crippen molar-refractivity contribution in [1.82, 2.24) is 9.88 Å². The van der Waals surface area contributed by atoms with E-state index in [-0.39, 0.29) is 18.5 Å². The van der Waals surface area contributed by atoms with Crippen molar-refractivity contribution in [3.8, 4) is 0 Å². The molecule has 18 heavy (non-hydrogen) atoms. The number of hydrogen-bond donors (Lipinski definition) is 0. The SMILES string of the molecule is COC(=O)CN(C(=O)c1ccc(Cl)nc1)C(C)C. The number of pyridine rings is 1. The average molecular weight is 271 g/mol. The summed E-state index contributed by atoms with van der Waals surface area (Å²) >= 11 is 5.66. The fraction of sp³-hybridized carbons (Fsp3) is 0.417. The lowest BCUT2D eigenvalue weighted by molar-refractivity contribution is -0.141. The quantitative estimate of drug-likeness (QED) is 0.618. The van der Waals surface area contributed by atoms with Crippen LogP contribution >= 0.6 is 11.6 Å². The molecule has 1 aromatic rings. The molecular weight excluding hydrogens is 256 g/mol. The van der Waals surface area contributed by atoms with E-state index in [4.69, 9.17) is 11.6 Å². The molecule has 0 fully saturated rings. The normalized spacial score (nSPS) is 10.3. The molecule has 1 amide bonds. The summed E-state index contributed by atoms with van der Waals surface area (Å²) < 4.78 is 4.57. The number of hydrogen-bond acceptors (Lipinski definition) is 4. The molecular formula is C12H15ClN2O3. The van der Waals surface area contributed by atoms with Crippen LogP contribution in [0.2, 0.25) is 5.15 Å². The molecule has 0 aliphatic heterocycles. The van der Waals surface area contributed by atoms with Crippen LogP contribution in [-0.4, -0.2) is 41.5 Å². The van der Waals surface area contributed by atoms with Gasteiger partial charge in [-0.05, 0) is 26.0 Å². The van der Waals surface area contributed by atoms with E-state index >= 15 is 0 Å². The highest BCUT2D eigenvalue weighted by atomic mass is 35.5. The van der Waals surface area contributed by atoms with Crippen LogP contribution in [0.1, 0.15) is 24.2 Å². The van der Waals surface area contributed by atoms with Gasteiger partial charge in [-0.3, -0.25) is 9.59 Å². The van der Waals surface area contributed by atoms with Gasteiger partial charge in [-0.15, -0.1) is 0 Å². The Bertz CT molecular complexity index is 431. The third kappa shape index (κ3) is 3.70. The molecule has 1 rings (SSSR count). The van der Waals surface area contributed by atoms with Crippen LogP contribution in [0.15, 0.2) is 18.3 Å². The van der Waals surface area contributed by atoms with Gasteiger partial charge in [0.25, 0.3) is 5.91 Å². The maximum absolute atomic E-state index is 12.2. The molecule has 0 radical (unpaired) electrons. The Balaban J connectivity index is 2.89.